The summed E-state index contributed by atoms with van der Waals surface area (Å²) in [5.74, 6) is 0.0142. The van der Waals surface area contributed by atoms with E-state index in [4.69, 9.17) is 0 Å². The van der Waals surface area contributed by atoms with Gasteiger partial charge < -0.3 is 9.88 Å². The number of aromatic amines is 1. The van der Waals surface area contributed by atoms with E-state index in [1.165, 1.54) is 25.0 Å². The topological polar surface area (TPSA) is 82.5 Å². The molecule has 2 aromatic rings. The maximum atomic E-state index is 12.9. The fraction of sp³-hybridized carbons (Fsp3) is 0.471. The number of amides is 1. The van der Waals surface area contributed by atoms with Gasteiger partial charge >= 0.3 is 0 Å². The smallest absolute Gasteiger partial charge is 0.271 e. The third-order valence-corrected chi connectivity index (χ3v) is 5.23. The van der Waals surface area contributed by atoms with E-state index in [1.54, 1.807) is 12.3 Å². The monoisotopic (exact) mass is 328 g/mol. The molecule has 7 heteroatoms. The standard InChI is InChI=1S/C17H20N4O3/c22-17(20-8-7-19-6-2-1-3-13(19)11-20)15-10-18-16-9-12(21(23)24)4-5-14(15)16/h4-5,9-10,13,18H,1-3,6-8,11H2. The van der Waals surface area contributed by atoms with Crippen LogP contribution in [-0.4, -0.2) is 57.8 Å². The molecule has 1 aromatic heterocycles. The normalized spacial score (nSPS) is 21.7. The lowest BCUT2D eigenvalue weighted by atomic mass is 9.99. The van der Waals surface area contributed by atoms with Crippen LogP contribution in [0.25, 0.3) is 10.9 Å². The van der Waals surface area contributed by atoms with E-state index in [1.807, 2.05) is 4.90 Å². The van der Waals surface area contributed by atoms with Gasteiger partial charge in [0, 0.05) is 49.4 Å². The Morgan fingerprint density at radius 3 is 2.96 bits per heavy atom. The molecule has 0 aliphatic carbocycles. The molecule has 0 bridgehead atoms. The van der Waals surface area contributed by atoms with Crippen molar-refractivity contribution in [2.45, 2.75) is 25.3 Å². The van der Waals surface area contributed by atoms with Gasteiger partial charge in [0.25, 0.3) is 11.6 Å². The fourth-order valence-electron chi connectivity index (χ4n) is 3.92. The summed E-state index contributed by atoms with van der Waals surface area (Å²) in [5, 5.41) is 11.6. The summed E-state index contributed by atoms with van der Waals surface area (Å²) >= 11 is 0. The maximum absolute atomic E-state index is 12.9. The van der Waals surface area contributed by atoms with Crippen molar-refractivity contribution in [3.05, 3.63) is 40.1 Å². The average molecular weight is 328 g/mol. The Labute approximate surface area is 139 Å². The first-order valence-electron chi connectivity index (χ1n) is 8.42. The second kappa shape index (κ2) is 5.90. The van der Waals surface area contributed by atoms with Crippen molar-refractivity contribution >= 4 is 22.5 Å². The lowest BCUT2D eigenvalue weighted by Crippen LogP contribution is -2.56. The number of hydrogen-bond donors (Lipinski definition) is 1. The number of nitrogens with one attached hydrogen (secondary N) is 1. The number of carbonyl (C=O) groups excluding carboxylic acids is 1. The van der Waals surface area contributed by atoms with E-state index < -0.39 is 4.92 Å². The van der Waals surface area contributed by atoms with E-state index in [0.29, 0.717) is 17.1 Å². The van der Waals surface area contributed by atoms with Gasteiger partial charge in [-0.3, -0.25) is 19.8 Å². The molecular weight excluding hydrogens is 308 g/mol. The Morgan fingerprint density at radius 1 is 1.25 bits per heavy atom. The van der Waals surface area contributed by atoms with Gasteiger partial charge in [-0.1, -0.05) is 6.42 Å². The van der Waals surface area contributed by atoms with Crippen LogP contribution >= 0.6 is 0 Å². The van der Waals surface area contributed by atoms with E-state index >= 15 is 0 Å². The number of hydrogen-bond acceptors (Lipinski definition) is 4. The molecule has 2 fully saturated rings. The summed E-state index contributed by atoms with van der Waals surface area (Å²) in [6.45, 7) is 3.60. The second-order valence-corrected chi connectivity index (χ2v) is 6.63. The van der Waals surface area contributed by atoms with Crippen molar-refractivity contribution in [2.75, 3.05) is 26.2 Å². The van der Waals surface area contributed by atoms with Crippen molar-refractivity contribution in [3.63, 3.8) is 0 Å². The molecule has 3 heterocycles. The van der Waals surface area contributed by atoms with E-state index in [2.05, 4.69) is 9.88 Å². The highest BCUT2D eigenvalue weighted by molar-refractivity contribution is 6.07. The van der Waals surface area contributed by atoms with Gasteiger partial charge in [-0.25, -0.2) is 0 Å². The molecule has 2 aliphatic heterocycles. The Bertz CT molecular complexity index is 800. The van der Waals surface area contributed by atoms with Crippen LogP contribution in [0, 0.1) is 10.1 Å². The summed E-state index contributed by atoms with van der Waals surface area (Å²) < 4.78 is 0. The van der Waals surface area contributed by atoms with E-state index in [9.17, 15) is 14.9 Å². The van der Waals surface area contributed by atoms with Gasteiger partial charge in [-0.2, -0.15) is 0 Å². The predicted octanol–water partition coefficient (Wildman–Crippen LogP) is 2.39. The summed E-state index contributed by atoms with van der Waals surface area (Å²) in [5.41, 5.74) is 1.26. The molecule has 2 aliphatic rings. The molecule has 2 saturated heterocycles. The van der Waals surface area contributed by atoms with Crippen molar-refractivity contribution < 1.29 is 9.72 Å². The summed E-state index contributed by atoms with van der Waals surface area (Å²) in [4.78, 5) is 30.8. The number of fused-ring (bicyclic) bond motifs is 2. The van der Waals surface area contributed by atoms with Gasteiger partial charge in [0.15, 0.2) is 0 Å². The molecule has 0 spiro atoms. The zero-order valence-electron chi connectivity index (χ0n) is 13.4. The van der Waals surface area contributed by atoms with Crippen LogP contribution in [-0.2, 0) is 0 Å². The molecule has 1 amide bonds. The first kappa shape index (κ1) is 15.1. The first-order valence-corrected chi connectivity index (χ1v) is 8.42. The third-order valence-electron chi connectivity index (χ3n) is 5.23. The quantitative estimate of drug-likeness (QED) is 0.678. The molecule has 0 saturated carbocycles. The summed E-state index contributed by atoms with van der Waals surface area (Å²) in [6, 6.07) is 5.06. The predicted molar refractivity (Wildman–Crippen MR) is 90.1 cm³/mol. The highest BCUT2D eigenvalue weighted by atomic mass is 16.6. The van der Waals surface area contributed by atoms with Crippen molar-refractivity contribution in [1.29, 1.82) is 0 Å². The minimum absolute atomic E-state index is 0.0142. The SMILES string of the molecule is O=C(c1c[nH]c2cc([N+](=O)[O-])ccc12)N1CCN2CCCCC2C1. The molecule has 126 valence electrons. The zero-order chi connectivity index (χ0) is 16.7. The number of nitro benzene ring substituents is 1. The number of non-ortho nitro benzene ring substituents is 1. The maximum Gasteiger partial charge on any atom is 0.271 e. The second-order valence-electron chi connectivity index (χ2n) is 6.63. The van der Waals surface area contributed by atoms with Gasteiger partial charge in [0.05, 0.1) is 16.0 Å². The number of aromatic nitrogens is 1. The van der Waals surface area contributed by atoms with Crippen molar-refractivity contribution in [3.8, 4) is 0 Å². The van der Waals surface area contributed by atoms with Gasteiger partial charge in [0.1, 0.15) is 0 Å². The number of piperidine rings is 1. The van der Waals surface area contributed by atoms with Crippen molar-refractivity contribution in [2.24, 2.45) is 0 Å². The Hall–Kier alpha value is -2.41. The van der Waals surface area contributed by atoms with Crippen LogP contribution in [0.15, 0.2) is 24.4 Å². The lowest BCUT2D eigenvalue weighted by Gasteiger charge is -2.44. The first-order chi connectivity index (χ1) is 11.6. The molecule has 1 unspecified atom stereocenters. The highest BCUT2D eigenvalue weighted by Gasteiger charge is 2.32. The lowest BCUT2D eigenvalue weighted by molar-refractivity contribution is -0.384. The van der Waals surface area contributed by atoms with E-state index in [-0.39, 0.29) is 11.6 Å². The number of piperazine rings is 1. The molecule has 0 radical (unpaired) electrons. The Balaban J connectivity index is 1.58. The molecule has 4 rings (SSSR count). The number of carbonyl (C=O) groups is 1. The van der Waals surface area contributed by atoms with Crippen LogP contribution < -0.4 is 0 Å². The zero-order valence-corrected chi connectivity index (χ0v) is 13.4. The molecule has 1 N–H and O–H groups in total. The number of nitrogens with zero attached hydrogens (tertiary/aromatic N) is 3. The van der Waals surface area contributed by atoms with Crippen LogP contribution in [0.3, 0.4) is 0 Å². The molecular formula is C17H20N4O3. The number of rotatable bonds is 2. The van der Waals surface area contributed by atoms with Crippen LogP contribution in [0.4, 0.5) is 5.69 Å². The summed E-state index contributed by atoms with van der Waals surface area (Å²) in [7, 11) is 0. The third kappa shape index (κ3) is 2.54. The molecule has 7 nitrogen and oxygen atoms in total. The van der Waals surface area contributed by atoms with Crippen molar-refractivity contribution in [1.82, 2.24) is 14.8 Å². The average Bonchev–Trinajstić information content (AvgIpc) is 3.03. The number of H-pyrrole nitrogens is 1. The Kier molecular flexibility index (Phi) is 3.72. The van der Waals surface area contributed by atoms with E-state index in [0.717, 1.165) is 38.0 Å². The van der Waals surface area contributed by atoms with Gasteiger partial charge in [-0.05, 0) is 25.5 Å². The van der Waals surface area contributed by atoms with Crippen LogP contribution in [0.2, 0.25) is 0 Å². The van der Waals surface area contributed by atoms with Crippen LogP contribution in [0.5, 0.6) is 0 Å². The fourth-order valence-corrected chi connectivity index (χ4v) is 3.92. The number of nitro groups is 1. The van der Waals surface area contributed by atoms with Gasteiger partial charge in [0.2, 0.25) is 0 Å². The Morgan fingerprint density at radius 2 is 2.12 bits per heavy atom. The summed E-state index contributed by atoms with van der Waals surface area (Å²) in [6.07, 6.45) is 5.32. The van der Waals surface area contributed by atoms with Gasteiger partial charge in [-0.15, -0.1) is 0 Å². The van der Waals surface area contributed by atoms with Crippen LogP contribution in [0.1, 0.15) is 29.6 Å². The minimum atomic E-state index is -0.427. The molecule has 1 atom stereocenters. The molecule has 1 aromatic carbocycles. The largest absolute Gasteiger partial charge is 0.360 e. The minimum Gasteiger partial charge on any atom is -0.360 e. The number of benzene rings is 1. The molecule has 24 heavy (non-hydrogen) atoms. The highest BCUT2D eigenvalue weighted by Crippen LogP contribution is 2.26.